The van der Waals surface area contributed by atoms with Crippen LogP contribution in [0.2, 0.25) is 0 Å². The molecular weight excluding hydrogens is 228 g/mol. The molecule has 0 heterocycles. The Bertz CT molecular complexity index is 350. The molecule has 0 spiro atoms. The first-order valence-corrected chi connectivity index (χ1v) is 7.62. The molecule has 1 aliphatic carbocycles. The summed E-state index contributed by atoms with van der Waals surface area (Å²) in [6.07, 6.45) is 7.44. The van der Waals surface area contributed by atoms with Crippen LogP contribution in [0.25, 0.3) is 0 Å². The van der Waals surface area contributed by atoms with Crippen LogP contribution in [-0.2, 0) is 0 Å². The first kappa shape index (κ1) is 12.6. The maximum atomic E-state index is 5.86. The summed E-state index contributed by atoms with van der Waals surface area (Å²) in [6, 6.07) is 6.85. The van der Waals surface area contributed by atoms with Gasteiger partial charge in [-0.25, -0.2) is 0 Å². The minimum atomic E-state index is 0.625. The molecule has 1 aliphatic rings. The summed E-state index contributed by atoms with van der Waals surface area (Å²) in [5.41, 5.74) is 9.12. The molecule has 0 saturated heterocycles. The highest BCUT2D eigenvalue weighted by Crippen LogP contribution is 2.29. The molecule has 1 fully saturated rings. The van der Waals surface area contributed by atoms with Crippen molar-refractivity contribution >= 4 is 23.1 Å². The van der Waals surface area contributed by atoms with Crippen LogP contribution in [-0.4, -0.2) is 17.5 Å². The highest BCUT2D eigenvalue weighted by Gasteiger charge is 2.20. The van der Waals surface area contributed by atoms with Gasteiger partial charge in [0.05, 0.1) is 0 Å². The molecule has 1 aromatic rings. The average Bonchev–Trinajstić information content (AvgIpc) is 2.28. The summed E-state index contributed by atoms with van der Waals surface area (Å²) in [5.74, 6) is 0. The molecule has 1 aromatic carbocycles. The van der Waals surface area contributed by atoms with Crippen LogP contribution in [0.15, 0.2) is 18.2 Å². The quantitative estimate of drug-likeness (QED) is 0.804. The van der Waals surface area contributed by atoms with Gasteiger partial charge in [-0.3, -0.25) is 0 Å². The highest BCUT2D eigenvalue weighted by molar-refractivity contribution is 7.99. The lowest BCUT2D eigenvalue weighted by Crippen LogP contribution is -2.27. The lowest BCUT2D eigenvalue weighted by molar-refractivity contribution is 0.473. The van der Waals surface area contributed by atoms with Crippen molar-refractivity contribution in [1.82, 2.24) is 0 Å². The Kier molecular flexibility index (Phi) is 4.21. The standard InChI is InChI=1S/C14H22N2S/c1-10-7-11(15)9-13(8-10)16-12-3-5-14(17-2)6-4-12/h7-9,12,14,16H,3-6,15H2,1-2H3. The van der Waals surface area contributed by atoms with Crippen LogP contribution in [0.5, 0.6) is 0 Å². The largest absolute Gasteiger partial charge is 0.399 e. The van der Waals surface area contributed by atoms with Gasteiger partial charge in [0.2, 0.25) is 0 Å². The van der Waals surface area contributed by atoms with E-state index in [0.717, 1.165) is 10.9 Å². The van der Waals surface area contributed by atoms with E-state index in [1.54, 1.807) is 0 Å². The first-order valence-electron chi connectivity index (χ1n) is 6.34. The Hall–Kier alpha value is -0.830. The Morgan fingerprint density at radius 1 is 1.18 bits per heavy atom. The lowest BCUT2D eigenvalue weighted by atomic mass is 9.94. The van der Waals surface area contributed by atoms with E-state index in [9.17, 15) is 0 Å². The van der Waals surface area contributed by atoms with E-state index in [-0.39, 0.29) is 0 Å². The van der Waals surface area contributed by atoms with Crippen molar-refractivity contribution in [2.24, 2.45) is 0 Å². The second kappa shape index (κ2) is 5.67. The maximum absolute atomic E-state index is 5.86. The van der Waals surface area contributed by atoms with E-state index in [1.807, 2.05) is 23.9 Å². The average molecular weight is 250 g/mol. The molecule has 1 saturated carbocycles. The number of aryl methyl sites for hydroxylation is 1. The van der Waals surface area contributed by atoms with Crippen LogP contribution < -0.4 is 11.1 Å². The zero-order chi connectivity index (χ0) is 12.3. The summed E-state index contributed by atoms with van der Waals surface area (Å²) >= 11 is 2.01. The fourth-order valence-corrected chi connectivity index (χ4v) is 3.32. The van der Waals surface area contributed by atoms with Gasteiger partial charge in [-0.1, -0.05) is 0 Å². The second-order valence-electron chi connectivity index (χ2n) is 4.99. The van der Waals surface area contributed by atoms with Crippen molar-refractivity contribution in [3.63, 3.8) is 0 Å². The predicted molar refractivity (Wildman–Crippen MR) is 78.8 cm³/mol. The van der Waals surface area contributed by atoms with Crippen molar-refractivity contribution < 1.29 is 0 Å². The topological polar surface area (TPSA) is 38.0 Å². The highest BCUT2D eigenvalue weighted by atomic mass is 32.2. The van der Waals surface area contributed by atoms with Gasteiger partial charge in [-0.15, -0.1) is 0 Å². The summed E-state index contributed by atoms with van der Waals surface area (Å²) in [5, 5.41) is 4.49. The van der Waals surface area contributed by atoms with Crippen molar-refractivity contribution in [3.05, 3.63) is 23.8 Å². The van der Waals surface area contributed by atoms with E-state index in [1.165, 1.54) is 36.9 Å². The van der Waals surface area contributed by atoms with Crippen molar-refractivity contribution in [2.75, 3.05) is 17.3 Å². The van der Waals surface area contributed by atoms with E-state index >= 15 is 0 Å². The van der Waals surface area contributed by atoms with Crippen LogP contribution in [0.3, 0.4) is 0 Å². The van der Waals surface area contributed by atoms with Crippen molar-refractivity contribution in [3.8, 4) is 0 Å². The summed E-state index contributed by atoms with van der Waals surface area (Å²) in [6.45, 7) is 2.09. The Labute approximate surface area is 108 Å². The SMILES string of the molecule is CSC1CCC(Nc2cc(C)cc(N)c2)CC1. The molecule has 2 rings (SSSR count). The van der Waals surface area contributed by atoms with Gasteiger partial charge < -0.3 is 11.1 Å². The minimum Gasteiger partial charge on any atom is -0.399 e. The first-order chi connectivity index (χ1) is 8.17. The van der Waals surface area contributed by atoms with E-state index in [0.29, 0.717) is 6.04 Å². The second-order valence-corrected chi connectivity index (χ2v) is 6.12. The molecule has 3 heteroatoms. The predicted octanol–water partition coefficient (Wildman–Crippen LogP) is 3.66. The molecule has 0 amide bonds. The Balaban J connectivity index is 1.93. The monoisotopic (exact) mass is 250 g/mol. The fraction of sp³-hybridized carbons (Fsp3) is 0.571. The number of nitrogens with two attached hydrogens (primary N) is 1. The Morgan fingerprint density at radius 2 is 1.88 bits per heavy atom. The number of nitrogen functional groups attached to an aromatic ring is 1. The number of benzene rings is 1. The molecule has 17 heavy (non-hydrogen) atoms. The lowest BCUT2D eigenvalue weighted by Gasteiger charge is -2.29. The smallest absolute Gasteiger partial charge is 0.0365 e. The molecular formula is C14H22N2S. The molecule has 0 aliphatic heterocycles. The molecule has 0 unspecified atom stereocenters. The third-order valence-corrected chi connectivity index (χ3v) is 4.62. The zero-order valence-corrected chi connectivity index (χ0v) is 11.5. The number of hydrogen-bond acceptors (Lipinski definition) is 3. The van der Waals surface area contributed by atoms with Gasteiger partial charge in [0.15, 0.2) is 0 Å². The fourth-order valence-electron chi connectivity index (χ4n) is 2.57. The van der Waals surface area contributed by atoms with Crippen LogP contribution in [0, 0.1) is 6.92 Å². The third-order valence-electron chi connectivity index (χ3n) is 3.48. The van der Waals surface area contributed by atoms with Crippen molar-refractivity contribution in [1.29, 1.82) is 0 Å². The number of rotatable bonds is 3. The van der Waals surface area contributed by atoms with Crippen LogP contribution in [0.4, 0.5) is 11.4 Å². The van der Waals surface area contributed by atoms with Gasteiger partial charge in [-0.2, -0.15) is 11.8 Å². The number of hydrogen-bond donors (Lipinski definition) is 2. The van der Waals surface area contributed by atoms with E-state index < -0.39 is 0 Å². The third kappa shape index (κ3) is 3.56. The molecule has 94 valence electrons. The molecule has 3 N–H and O–H groups in total. The number of nitrogens with one attached hydrogen (secondary N) is 1. The molecule has 0 atom stereocenters. The van der Waals surface area contributed by atoms with Gasteiger partial charge in [0.25, 0.3) is 0 Å². The van der Waals surface area contributed by atoms with Gasteiger partial charge in [0, 0.05) is 22.7 Å². The zero-order valence-electron chi connectivity index (χ0n) is 10.7. The van der Waals surface area contributed by atoms with Gasteiger partial charge in [0.1, 0.15) is 0 Å². The minimum absolute atomic E-state index is 0.625. The van der Waals surface area contributed by atoms with Gasteiger partial charge >= 0.3 is 0 Å². The molecule has 0 aromatic heterocycles. The normalized spacial score (nSPS) is 24.6. The Morgan fingerprint density at radius 3 is 2.47 bits per heavy atom. The summed E-state index contributed by atoms with van der Waals surface area (Å²) < 4.78 is 0. The summed E-state index contributed by atoms with van der Waals surface area (Å²) in [4.78, 5) is 0. The van der Waals surface area contributed by atoms with Crippen LogP contribution >= 0.6 is 11.8 Å². The maximum Gasteiger partial charge on any atom is 0.0365 e. The molecule has 2 nitrogen and oxygen atoms in total. The van der Waals surface area contributed by atoms with E-state index in [4.69, 9.17) is 5.73 Å². The number of thioether (sulfide) groups is 1. The molecule has 0 bridgehead atoms. The van der Waals surface area contributed by atoms with Crippen LogP contribution in [0.1, 0.15) is 31.2 Å². The van der Waals surface area contributed by atoms with Gasteiger partial charge in [-0.05, 0) is 62.6 Å². The summed E-state index contributed by atoms with van der Waals surface area (Å²) in [7, 11) is 0. The van der Waals surface area contributed by atoms with Crippen molar-refractivity contribution in [2.45, 2.75) is 43.9 Å². The van der Waals surface area contributed by atoms with E-state index in [2.05, 4.69) is 24.6 Å². The number of anilines is 2. The molecule has 0 radical (unpaired) electrons.